The van der Waals surface area contributed by atoms with E-state index in [2.05, 4.69) is 17.0 Å². The van der Waals surface area contributed by atoms with E-state index in [9.17, 15) is 9.18 Å². The highest BCUT2D eigenvalue weighted by Gasteiger charge is 2.41. The van der Waals surface area contributed by atoms with Gasteiger partial charge in [-0.15, -0.1) is 11.6 Å². The zero-order valence-electron chi connectivity index (χ0n) is 16.4. The van der Waals surface area contributed by atoms with Gasteiger partial charge in [0.25, 0.3) is 0 Å². The van der Waals surface area contributed by atoms with Crippen LogP contribution in [0.3, 0.4) is 0 Å². The maximum absolute atomic E-state index is 13.4. The molecule has 0 radical (unpaired) electrons. The predicted octanol–water partition coefficient (Wildman–Crippen LogP) is 4.85. The highest BCUT2D eigenvalue weighted by molar-refractivity contribution is 6.21. The third kappa shape index (κ3) is 5.33. The van der Waals surface area contributed by atoms with Crippen LogP contribution < -0.4 is 0 Å². The summed E-state index contributed by atoms with van der Waals surface area (Å²) in [5.41, 5.74) is 2.06. The van der Waals surface area contributed by atoms with Crippen LogP contribution in [0.4, 0.5) is 4.39 Å². The van der Waals surface area contributed by atoms with Gasteiger partial charge in [0, 0.05) is 25.6 Å². The van der Waals surface area contributed by atoms with Gasteiger partial charge in [-0.05, 0) is 29.2 Å². The van der Waals surface area contributed by atoms with Crippen LogP contribution in [-0.2, 0) is 16.1 Å². The molecule has 0 amide bonds. The zero-order chi connectivity index (χ0) is 20.1. The van der Waals surface area contributed by atoms with Gasteiger partial charge in [0.15, 0.2) is 0 Å². The number of alkyl halides is 1. The summed E-state index contributed by atoms with van der Waals surface area (Å²) in [6.07, 6.45) is 0. The van der Waals surface area contributed by atoms with Crippen LogP contribution in [0, 0.1) is 17.7 Å². The molecule has 1 heterocycles. The molecule has 150 valence electrons. The number of halogens is 2. The summed E-state index contributed by atoms with van der Waals surface area (Å²) >= 11 is 6.78. The van der Waals surface area contributed by atoms with Gasteiger partial charge in [-0.1, -0.05) is 56.3 Å². The Hall–Kier alpha value is -1.91. The number of carbonyl (C=O) groups excluding carboxylic acids is 1. The molecule has 2 aromatic carbocycles. The first-order valence-electron chi connectivity index (χ1n) is 9.76. The minimum atomic E-state index is -0.385. The summed E-state index contributed by atoms with van der Waals surface area (Å²) in [5.74, 6) is -0.844. The summed E-state index contributed by atoms with van der Waals surface area (Å²) in [4.78, 5) is 15.1. The molecule has 0 aromatic heterocycles. The summed E-state index contributed by atoms with van der Waals surface area (Å²) in [6, 6.07) is 16.4. The normalized spacial score (nSPS) is 23.0. The first kappa shape index (κ1) is 20.8. The molecule has 0 unspecified atom stereocenters. The number of ether oxygens (including phenoxy) is 1. The van der Waals surface area contributed by atoms with E-state index in [0.29, 0.717) is 19.7 Å². The average molecular weight is 404 g/mol. The number of benzene rings is 2. The minimum Gasteiger partial charge on any atom is -0.465 e. The molecule has 0 saturated carbocycles. The van der Waals surface area contributed by atoms with Gasteiger partial charge in [0.2, 0.25) is 0 Å². The molecule has 5 heteroatoms. The molecule has 0 bridgehead atoms. The van der Waals surface area contributed by atoms with Crippen LogP contribution >= 0.6 is 11.6 Å². The van der Waals surface area contributed by atoms with Crippen molar-refractivity contribution in [3.63, 3.8) is 0 Å². The summed E-state index contributed by atoms with van der Waals surface area (Å²) in [6.45, 7) is 6.37. The second-order valence-electron chi connectivity index (χ2n) is 7.90. The number of rotatable bonds is 6. The standard InChI is InChI=1S/C23H27ClFNO2/c1-16(2)15-28-23(27)20-13-26(12-17-6-4-3-5-7-17)14-21(24)22(20)18-8-10-19(25)11-9-18/h3-11,16,20-22H,12-15H2,1-2H3/t20-,21+,22+/m1/s1. The third-order valence-corrected chi connectivity index (χ3v) is 5.49. The van der Waals surface area contributed by atoms with E-state index in [1.807, 2.05) is 32.0 Å². The van der Waals surface area contributed by atoms with E-state index in [1.165, 1.54) is 17.7 Å². The maximum atomic E-state index is 13.4. The quantitative estimate of drug-likeness (QED) is 0.510. The summed E-state index contributed by atoms with van der Waals surface area (Å²) in [7, 11) is 0. The first-order valence-corrected chi connectivity index (χ1v) is 10.2. The van der Waals surface area contributed by atoms with Crippen molar-refractivity contribution in [1.29, 1.82) is 0 Å². The van der Waals surface area contributed by atoms with Gasteiger partial charge in [0.05, 0.1) is 17.9 Å². The van der Waals surface area contributed by atoms with Crippen molar-refractivity contribution >= 4 is 17.6 Å². The highest BCUT2D eigenvalue weighted by Crippen LogP contribution is 2.37. The second-order valence-corrected chi connectivity index (χ2v) is 8.46. The van der Waals surface area contributed by atoms with E-state index in [-0.39, 0.29) is 34.9 Å². The molecule has 2 aromatic rings. The van der Waals surface area contributed by atoms with Crippen LogP contribution in [0.5, 0.6) is 0 Å². The molecular formula is C23H27ClFNO2. The van der Waals surface area contributed by atoms with Crippen molar-refractivity contribution < 1.29 is 13.9 Å². The molecule has 1 aliphatic heterocycles. The molecule has 1 aliphatic rings. The zero-order valence-corrected chi connectivity index (χ0v) is 17.1. The Labute approximate surface area is 171 Å². The number of nitrogens with zero attached hydrogens (tertiary/aromatic N) is 1. The van der Waals surface area contributed by atoms with Crippen LogP contribution in [0.25, 0.3) is 0 Å². The molecule has 0 N–H and O–H groups in total. The highest BCUT2D eigenvalue weighted by atomic mass is 35.5. The number of esters is 1. The maximum Gasteiger partial charge on any atom is 0.310 e. The van der Waals surface area contributed by atoms with Crippen molar-refractivity contribution in [2.45, 2.75) is 31.7 Å². The molecule has 3 rings (SSSR count). The van der Waals surface area contributed by atoms with Crippen LogP contribution in [-0.4, -0.2) is 35.9 Å². The molecule has 3 atom stereocenters. The van der Waals surface area contributed by atoms with Gasteiger partial charge in [-0.2, -0.15) is 0 Å². The molecule has 1 saturated heterocycles. The first-order chi connectivity index (χ1) is 13.4. The number of hydrogen-bond donors (Lipinski definition) is 0. The Morgan fingerprint density at radius 1 is 1.14 bits per heavy atom. The van der Waals surface area contributed by atoms with E-state index in [4.69, 9.17) is 16.3 Å². The lowest BCUT2D eigenvalue weighted by Crippen LogP contribution is -2.48. The molecule has 1 fully saturated rings. The van der Waals surface area contributed by atoms with Crippen molar-refractivity contribution in [3.8, 4) is 0 Å². The van der Waals surface area contributed by atoms with Gasteiger partial charge in [0.1, 0.15) is 5.82 Å². The predicted molar refractivity (Wildman–Crippen MR) is 110 cm³/mol. The van der Waals surface area contributed by atoms with E-state index < -0.39 is 0 Å². The van der Waals surface area contributed by atoms with Crippen LogP contribution in [0.15, 0.2) is 54.6 Å². The lowest BCUT2D eigenvalue weighted by molar-refractivity contribution is -0.152. The van der Waals surface area contributed by atoms with Gasteiger partial charge in [-0.25, -0.2) is 4.39 Å². The topological polar surface area (TPSA) is 29.5 Å². The van der Waals surface area contributed by atoms with E-state index >= 15 is 0 Å². The lowest BCUT2D eigenvalue weighted by Gasteiger charge is -2.40. The fraction of sp³-hybridized carbons (Fsp3) is 0.435. The fourth-order valence-electron chi connectivity index (χ4n) is 3.75. The van der Waals surface area contributed by atoms with Gasteiger partial charge >= 0.3 is 5.97 Å². The number of hydrogen-bond acceptors (Lipinski definition) is 3. The Bertz CT molecular complexity index is 766. The van der Waals surface area contributed by atoms with Crippen molar-refractivity contribution in [2.24, 2.45) is 11.8 Å². The molecule has 0 spiro atoms. The lowest BCUT2D eigenvalue weighted by atomic mass is 9.80. The van der Waals surface area contributed by atoms with E-state index in [1.54, 1.807) is 12.1 Å². The van der Waals surface area contributed by atoms with Crippen molar-refractivity contribution in [3.05, 3.63) is 71.5 Å². The SMILES string of the molecule is CC(C)COC(=O)[C@@H]1CN(Cc2ccccc2)C[C@H](Cl)[C@H]1c1ccc(F)cc1. The van der Waals surface area contributed by atoms with Gasteiger partial charge in [-0.3, -0.25) is 9.69 Å². The monoisotopic (exact) mass is 403 g/mol. The number of likely N-dealkylation sites (tertiary alicyclic amines) is 1. The largest absolute Gasteiger partial charge is 0.465 e. The minimum absolute atomic E-state index is 0.200. The Balaban J connectivity index is 1.81. The number of carbonyl (C=O) groups is 1. The van der Waals surface area contributed by atoms with E-state index in [0.717, 1.165) is 12.1 Å². The smallest absolute Gasteiger partial charge is 0.310 e. The Morgan fingerprint density at radius 2 is 1.82 bits per heavy atom. The number of piperidine rings is 1. The molecule has 0 aliphatic carbocycles. The summed E-state index contributed by atoms with van der Waals surface area (Å²) in [5, 5.41) is -0.264. The Kier molecular flexibility index (Phi) is 7.08. The third-order valence-electron chi connectivity index (χ3n) is 5.08. The molecule has 28 heavy (non-hydrogen) atoms. The average Bonchev–Trinajstić information content (AvgIpc) is 2.67. The van der Waals surface area contributed by atoms with Gasteiger partial charge < -0.3 is 4.74 Å². The second kappa shape index (κ2) is 9.53. The Morgan fingerprint density at radius 3 is 2.46 bits per heavy atom. The van der Waals surface area contributed by atoms with Crippen LogP contribution in [0.1, 0.15) is 30.9 Å². The fourth-order valence-corrected chi connectivity index (χ4v) is 4.27. The summed E-state index contributed by atoms with van der Waals surface area (Å²) < 4.78 is 19.0. The molecular weight excluding hydrogens is 377 g/mol. The van der Waals surface area contributed by atoms with Crippen LogP contribution in [0.2, 0.25) is 0 Å². The molecule has 3 nitrogen and oxygen atoms in total. The van der Waals surface area contributed by atoms with Crippen molar-refractivity contribution in [1.82, 2.24) is 4.90 Å². The van der Waals surface area contributed by atoms with Crippen molar-refractivity contribution in [2.75, 3.05) is 19.7 Å².